The highest BCUT2D eigenvalue weighted by Crippen LogP contribution is 2.45. The van der Waals surface area contributed by atoms with Gasteiger partial charge in [-0.05, 0) is 41.0 Å². The number of nitrogens with one attached hydrogen (secondary N) is 2. The van der Waals surface area contributed by atoms with Gasteiger partial charge in [0, 0.05) is 26.0 Å². The molecular formula is C17H16N3O. The van der Waals surface area contributed by atoms with Crippen molar-refractivity contribution in [3.63, 3.8) is 0 Å². The monoisotopic (exact) mass is 278 g/mol. The number of rotatable bonds is 4. The molecule has 1 radical (unpaired) electrons. The standard InChI is InChI=1S/C17H16N3O/c1-18-13-5-3-11(4-6-13)14-10-15(14)12-7-8-20-16(9-12)17(21)19-2/h3-10,18H,1-2H3,(H,19,21). The summed E-state index contributed by atoms with van der Waals surface area (Å²) in [5.74, 6) is 1.05. The van der Waals surface area contributed by atoms with Gasteiger partial charge in [0.15, 0.2) is 0 Å². The molecule has 2 aromatic rings. The average molecular weight is 278 g/mol. The molecule has 21 heavy (non-hydrogen) atoms. The molecule has 0 bridgehead atoms. The summed E-state index contributed by atoms with van der Waals surface area (Å²) in [6.07, 6.45) is 3.79. The molecule has 1 heterocycles. The number of pyridine rings is 1. The Morgan fingerprint density at radius 3 is 2.48 bits per heavy atom. The van der Waals surface area contributed by atoms with Gasteiger partial charge in [-0.25, -0.2) is 0 Å². The Hall–Kier alpha value is -2.62. The normalized spacial score (nSPS) is 13.5. The van der Waals surface area contributed by atoms with Gasteiger partial charge in [0.2, 0.25) is 0 Å². The highest BCUT2D eigenvalue weighted by molar-refractivity contribution is 6.00. The molecular weight excluding hydrogens is 262 g/mol. The van der Waals surface area contributed by atoms with Crippen molar-refractivity contribution in [1.82, 2.24) is 10.3 Å². The molecule has 2 N–H and O–H groups in total. The number of allylic oxidation sites excluding steroid dienone is 2. The van der Waals surface area contributed by atoms with Crippen molar-refractivity contribution >= 4 is 17.2 Å². The third kappa shape index (κ3) is 2.65. The van der Waals surface area contributed by atoms with Crippen molar-refractivity contribution in [2.24, 2.45) is 0 Å². The van der Waals surface area contributed by atoms with Crippen molar-refractivity contribution in [3.8, 4) is 0 Å². The highest BCUT2D eigenvalue weighted by Gasteiger charge is 2.29. The van der Waals surface area contributed by atoms with Gasteiger partial charge in [-0.1, -0.05) is 18.2 Å². The minimum absolute atomic E-state index is 0.168. The fraction of sp³-hybridized carbons (Fsp3) is 0.118. The molecule has 0 saturated carbocycles. The molecule has 0 unspecified atom stereocenters. The van der Waals surface area contributed by atoms with Crippen LogP contribution in [0.5, 0.6) is 0 Å². The molecule has 1 aliphatic carbocycles. The van der Waals surface area contributed by atoms with E-state index in [1.165, 1.54) is 17.1 Å². The zero-order valence-corrected chi connectivity index (χ0v) is 12.0. The first kappa shape index (κ1) is 13.4. The summed E-state index contributed by atoms with van der Waals surface area (Å²) in [6, 6.07) is 12.0. The van der Waals surface area contributed by atoms with Gasteiger partial charge in [-0.15, -0.1) is 0 Å². The fourth-order valence-electron chi connectivity index (χ4n) is 2.25. The first-order valence-corrected chi connectivity index (χ1v) is 6.78. The molecule has 1 aromatic heterocycles. The van der Waals surface area contributed by atoms with Crippen LogP contribution in [0.4, 0.5) is 5.69 Å². The highest BCUT2D eigenvalue weighted by atomic mass is 16.1. The van der Waals surface area contributed by atoms with Crippen LogP contribution >= 0.6 is 0 Å². The molecule has 1 aliphatic rings. The van der Waals surface area contributed by atoms with Crippen LogP contribution in [0.25, 0.3) is 5.57 Å². The summed E-state index contributed by atoms with van der Waals surface area (Å²) in [5.41, 5.74) is 4.90. The zero-order chi connectivity index (χ0) is 14.8. The molecule has 0 atom stereocenters. The second kappa shape index (κ2) is 5.40. The SMILES string of the molecule is CNC(=O)c1cc(C2=C[C]2c2ccc(NC)cc2)ccn1. The van der Waals surface area contributed by atoms with E-state index in [9.17, 15) is 4.79 Å². The van der Waals surface area contributed by atoms with Crippen LogP contribution in [0.2, 0.25) is 0 Å². The van der Waals surface area contributed by atoms with Crippen molar-refractivity contribution < 1.29 is 4.79 Å². The Morgan fingerprint density at radius 1 is 1.05 bits per heavy atom. The van der Waals surface area contributed by atoms with E-state index in [1.807, 2.05) is 19.2 Å². The van der Waals surface area contributed by atoms with Gasteiger partial charge in [-0.3, -0.25) is 9.78 Å². The lowest BCUT2D eigenvalue weighted by molar-refractivity contribution is 0.0958. The van der Waals surface area contributed by atoms with E-state index in [4.69, 9.17) is 0 Å². The van der Waals surface area contributed by atoms with Gasteiger partial charge >= 0.3 is 0 Å². The number of carbonyl (C=O) groups is 1. The van der Waals surface area contributed by atoms with Crippen LogP contribution in [0.1, 0.15) is 21.6 Å². The minimum atomic E-state index is -0.168. The van der Waals surface area contributed by atoms with Crippen LogP contribution < -0.4 is 10.6 Å². The lowest BCUT2D eigenvalue weighted by Gasteiger charge is -2.05. The molecule has 4 nitrogen and oxygen atoms in total. The van der Waals surface area contributed by atoms with Crippen LogP contribution in [0.15, 0.2) is 48.7 Å². The van der Waals surface area contributed by atoms with Gasteiger partial charge in [-0.2, -0.15) is 0 Å². The molecule has 105 valence electrons. The fourth-order valence-corrected chi connectivity index (χ4v) is 2.25. The summed E-state index contributed by atoms with van der Waals surface area (Å²) in [4.78, 5) is 15.7. The largest absolute Gasteiger partial charge is 0.388 e. The first-order chi connectivity index (χ1) is 10.2. The second-order valence-electron chi connectivity index (χ2n) is 4.81. The summed E-state index contributed by atoms with van der Waals surface area (Å²) in [6.45, 7) is 0. The van der Waals surface area contributed by atoms with E-state index in [-0.39, 0.29) is 5.91 Å². The number of carbonyl (C=O) groups excluding carboxylic acids is 1. The maximum absolute atomic E-state index is 11.6. The van der Waals surface area contributed by atoms with Crippen molar-refractivity contribution in [1.29, 1.82) is 0 Å². The topological polar surface area (TPSA) is 54.0 Å². The van der Waals surface area contributed by atoms with E-state index in [2.05, 4.69) is 46.0 Å². The van der Waals surface area contributed by atoms with E-state index < -0.39 is 0 Å². The van der Waals surface area contributed by atoms with Gasteiger partial charge in [0.05, 0.1) is 5.92 Å². The third-order valence-electron chi connectivity index (χ3n) is 3.51. The number of nitrogens with zero attached hydrogens (tertiary/aromatic N) is 1. The van der Waals surface area contributed by atoms with Gasteiger partial charge in [0.1, 0.15) is 5.69 Å². The molecule has 0 spiro atoms. The summed E-state index contributed by atoms with van der Waals surface area (Å²) in [7, 11) is 3.51. The number of aromatic nitrogens is 1. The third-order valence-corrected chi connectivity index (χ3v) is 3.51. The summed E-state index contributed by atoms with van der Waals surface area (Å²) in [5, 5.41) is 5.69. The van der Waals surface area contributed by atoms with Crippen LogP contribution in [-0.4, -0.2) is 25.0 Å². The van der Waals surface area contributed by atoms with Crippen LogP contribution in [0, 0.1) is 5.92 Å². The lowest BCUT2D eigenvalue weighted by atomic mass is 10.0. The molecule has 1 aromatic carbocycles. The zero-order valence-electron chi connectivity index (χ0n) is 12.0. The smallest absolute Gasteiger partial charge is 0.269 e. The molecule has 0 fully saturated rings. The second-order valence-corrected chi connectivity index (χ2v) is 4.81. The van der Waals surface area contributed by atoms with Crippen LogP contribution in [-0.2, 0) is 0 Å². The maximum Gasteiger partial charge on any atom is 0.269 e. The predicted octanol–water partition coefficient (Wildman–Crippen LogP) is 2.50. The molecule has 3 rings (SSSR count). The Bertz CT molecular complexity index is 704. The van der Waals surface area contributed by atoms with E-state index in [0.717, 1.165) is 11.3 Å². The lowest BCUT2D eigenvalue weighted by Crippen LogP contribution is -2.19. The maximum atomic E-state index is 11.6. The Balaban J connectivity index is 1.77. The summed E-state index contributed by atoms with van der Waals surface area (Å²) >= 11 is 0. The van der Waals surface area contributed by atoms with Crippen LogP contribution in [0.3, 0.4) is 0 Å². The number of hydrogen-bond acceptors (Lipinski definition) is 3. The van der Waals surface area contributed by atoms with E-state index in [1.54, 1.807) is 13.2 Å². The number of benzene rings is 1. The van der Waals surface area contributed by atoms with Crippen molar-refractivity contribution in [2.45, 2.75) is 0 Å². The Morgan fingerprint density at radius 2 is 1.81 bits per heavy atom. The minimum Gasteiger partial charge on any atom is -0.388 e. The van der Waals surface area contributed by atoms with Crippen molar-refractivity contribution in [3.05, 3.63) is 71.4 Å². The quantitative estimate of drug-likeness (QED) is 0.903. The molecule has 4 heteroatoms. The molecule has 0 saturated heterocycles. The van der Waals surface area contributed by atoms with E-state index in [0.29, 0.717) is 5.69 Å². The number of anilines is 1. The Labute approximate surface area is 123 Å². The van der Waals surface area contributed by atoms with Crippen molar-refractivity contribution in [2.75, 3.05) is 19.4 Å². The average Bonchev–Trinajstić information content (AvgIpc) is 3.35. The molecule has 0 aliphatic heterocycles. The number of amides is 1. The molecule has 1 amide bonds. The van der Waals surface area contributed by atoms with E-state index >= 15 is 0 Å². The Kier molecular flexibility index (Phi) is 3.44. The first-order valence-electron chi connectivity index (χ1n) is 6.78. The predicted molar refractivity (Wildman–Crippen MR) is 83.9 cm³/mol. The van der Waals surface area contributed by atoms with Gasteiger partial charge in [0.25, 0.3) is 5.91 Å². The number of hydrogen-bond donors (Lipinski definition) is 2. The summed E-state index contributed by atoms with van der Waals surface area (Å²) < 4.78 is 0. The van der Waals surface area contributed by atoms with Gasteiger partial charge < -0.3 is 10.6 Å².